The number of aromatic amines is 1. The van der Waals surface area contributed by atoms with Crippen molar-refractivity contribution in [3.63, 3.8) is 0 Å². The molecule has 1 atom stereocenters. The van der Waals surface area contributed by atoms with E-state index in [1.165, 1.54) is 6.07 Å². The lowest BCUT2D eigenvalue weighted by Crippen LogP contribution is -2.24. The Bertz CT molecular complexity index is 362. The molecule has 1 saturated heterocycles. The van der Waals surface area contributed by atoms with E-state index in [9.17, 15) is 4.79 Å². The number of anilines is 1. The van der Waals surface area contributed by atoms with Crippen LogP contribution < -0.4 is 10.9 Å². The second-order valence-electron chi connectivity index (χ2n) is 3.73. The molecule has 1 aromatic heterocycles. The van der Waals surface area contributed by atoms with E-state index in [1.54, 1.807) is 6.20 Å². The third kappa shape index (κ3) is 2.11. The molecule has 76 valence electrons. The van der Waals surface area contributed by atoms with Gasteiger partial charge in [-0.3, -0.25) is 4.79 Å². The van der Waals surface area contributed by atoms with E-state index in [0.717, 1.165) is 25.2 Å². The van der Waals surface area contributed by atoms with Gasteiger partial charge in [0.2, 0.25) is 0 Å². The maximum Gasteiger partial charge on any atom is 0.266 e. The zero-order chi connectivity index (χ0) is 9.97. The van der Waals surface area contributed by atoms with Gasteiger partial charge in [-0.25, -0.2) is 5.10 Å². The quantitative estimate of drug-likeness (QED) is 0.689. The van der Waals surface area contributed by atoms with Gasteiger partial charge in [0, 0.05) is 18.7 Å². The molecule has 2 N–H and O–H groups in total. The van der Waals surface area contributed by atoms with E-state index in [2.05, 4.69) is 27.5 Å². The average Bonchev–Trinajstić information content (AvgIpc) is 2.51. The van der Waals surface area contributed by atoms with Crippen LogP contribution >= 0.6 is 0 Å². The fraction of sp³-hybridized carbons (Fsp3) is 0.556. The molecule has 2 heterocycles. The third-order valence-corrected chi connectivity index (χ3v) is 2.43. The number of aromatic nitrogens is 2. The van der Waals surface area contributed by atoms with Gasteiger partial charge in [0.1, 0.15) is 0 Å². The van der Waals surface area contributed by atoms with Gasteiger partial charge in [0.15, 0.2) is 0 Å². The molecule has 1 aliphatic rings. The van der Waals surface area contributed by atoms with E-state index in [-0.39, 0.29) is 5.56 Å². The first kappa shape index (κ1) is 9.21. The Hall–Kier alpha value is -1.36. The second-order valence-corrected chi connectivity index (χ2v) is 3.73. The number of likely N-dealkylation sites (N-methyl/N-ethyl adjacent to an activating group) is 1. The lowest BCUT2D eigenvalue weighted by atomic mass is 10.2. The van der Waals surface area contributed by atoms with Crippen molar-refractivity contribution in [2.45, 2.75) is 12.5 Å². The molecule has 0 spiro atoms. The van der Waals surface area contributed by atoms with Crippen LogP contribution in [0.4, 0.5) is 5.69 Å². The first-order chi connectivity index (χ1) is 6.74. The summed E-state index contributed by atoms with van der Waals surface area (Å²) >= 11 is 0. The molecular formula is C9H14N4O. The summed E-state index contributed by atoms with van der Waals surface area (Å²) in [5, 5.41) is 9.37. The standard InChI is InChI=1S/C9H14N4O/c1-13-3-2-7(6-13)11-8-4-9(14)12-10-5-8/h4-5,7H,2-3,6H2,1H3,(H2,11,12,14). The molecule has 14 heavy (non-hydrogen) atoms. The van der Waals surface area contributed by atoms with Crippen LogP contribution in [0.2, 0.25) is 0 Å². The SMILES string of the molecule is CN1CCC(Nc2cn[nH]c(=O)c2)C1. The number of H-pyrrole nitrogens is 1. The minimum atomic E-state index is -0.165. The summed E-state index contributed by atoms with van der Waals surface area (Å²) in [6.07, 6.45) is 2.75. The number of hydrogen-bond donors (Lipinski definition) is 2. The van der Waals surface area contributed by atoms with Crippen molar-refractivity contribution in [3.8, 4) is 0 Å². The monoisotopic (exact) mass is 194 g/mol. The molecule has 1 aliphatic heterocycles. The van der Waals surface area contributed by atoms with Crippen LogP contribution in [0.25, 0.3) is 0 Å². The van der Waals surface area contributed by atoms with E-state index in [0.29, 0.717) is 6.04 Å². The Balaban J connectivity index is 2.01. The Morgan fingerprint density at radius 1 is 1.71 bits per heavy atom. The van der Waals surface area contributed by atoms with Gasteiger partial charge in [-0.2, -0.15) is 5.10 Å². The molecule has 1 fully saturated rings. The smallest absolute Gasteiger partial charge is 0.266 e. The molecule has 0 amide bonds. The molecule has 5 heteroatoms. The van der Waals surface area contributed by atoms with Gasteiger partial charge in [-0.05, 0) is 20.0 Å². The molecular weight excluding hydrogens is 180 g/mol. The zero-order valence-electron chi connectivity index (χ0n) is 8.16. The number of likely N-dealkylation sites (tertiary alicyclic amines) is 1. The van der Waals surface area contributed by atoms with E-state index in [1.807, 2.05) is 0 Å². The van der Waals surface area contributed by atoms with E-state index >= 15 is 0 Å². The van der Waals surface area contributed by atoms with Gasteiger partial charge in [-0.15, -0.1) is 0 Å². The van der Waals surface area contributed by atoms with Crippen molar-refractivity contribution in [1.29, 1.82) is 0 Å². The minimum Gasteiger partial charge on any atom is -0.380 e. The van der Waals surface area contributed by atoms with Gasteiger partial charge in [0.25, 0.3) is 5.56 Å². The van der Waals surface area contributed by atoms with Gasteiger partial charge in [0.05, 0.1) is 11.9 Å². The van der Waals surface area contributed by atoms with Crippen LogP contribution in [0.1, 0.15) is 6.42 Å². The highest BCUT2D eigenvalue weighted by Crippen LogP contribution is 2.11. The lowest BCUT2D eigenvalue weighted by molar-refractivity contribution is 0.414. The maximum atomic E-state index is 11.0. The first-order valence-corrected chi connectivity index (χ1v) is 4.74. The molecule has 1 aromatic rings. The van der Waals surface area contributed by atoms with Crippen LogP contribution in [-0.4, -0.2) is 41.3 Å². The number of nitrogens with zero attached hydrogens (tertiary/aromatic N) is 2. The molecule has 5 nitrogen and oxygen atoms in total. The Morgan fingerprint density at radius 2 is 2.57 bits per heavy atom. The van der Waals surface area contributed by atoms with Crippen molar-refractivity contribution < 1.29 is 0 Å². The van der Waals surface area contributed by atoms with Gasteiger partial charge < -0.3 is 10.2 Å². The van der Waals surface area contributed by atoms with Crippen molar-refractivity contribution in [3.05, 3.63) is 22.6 Å². The summed E-state index contributed by atoms with van der Waals surface area (Å²) in [6, 6.07) is 1.97. The summed E-state index contributed by atoms with van der Waals surface area (Å²) < 4.78 is 0. The average molecular weight is 194 g/mol. The minimum absolute atomic E-state index is 0.165. The fourth-order valence-corrected chi connectivity index (χ4v) is 1.74. The van der Waals surface area contributed by atoms with E-state index < -0.39 is 0 Å². The summed E-state index contributed by atoms with van der Waals surface area (Å²) in [5.74, 6) is 0. The summed E-state index contributed by atoms with van der Waals surface area (Å²) in [6.45, 7) is 2.13. The zero-order valence-corrected chi connectivity index (χ0v) is 8.16. The molecule has 0 aliphatic carbocycles. The fourth-order valence-electron chi connectivity index (χ4n) is 1.74. The first-order valence-electron chi connectivity index (χ1n) is 4.74. The van der Waals surface area contributed by atoms with Gasteiger partial charge >= 0.3 is 0 Å². The topological polar surface area (TPSA) is 61.0 Å². The number of rotatable bonds is 2. The Morgan fingerprint density at radius 3 is 3.21 bits per heavy atom. The van der Waals surface area contributed by atoms with Gasteiger partial charge in [-0.1, -0.05) is 0 Å². The van der Waals surface area contributed by atoms with Crippen LogP contribution in [0.15, 0.2) is 17.1 Å². The Labute approximate surface area is 82.1 Å². The normalized spacial score (nSPS) is 22.5. The predicted molar refractivity (Wildman–Crippen MR) is 54.4 cm³/mol. The highest BCUT2D eigenvalue weighted by atomic mass is 16.1. The van der Waals surface area contributed by atoms with Crippen LogP contribution in [0.5, 0.6) is 0 Å². The third-order valence-electron chi connectivity index (χ3n) is 2.43. The predicted octanol–water partition coefficient (Wildman–Crippen LogP) is -0.114. The largest absolute Gasteiger partial charge is 0.380 e. The maximum absolute atomic E-state index is 11.0. The number of nitrogens with one attached hydrogen (secondary N) is 2. The summed E-state index contributed by atoms with van der Waals surface area (Å²) in [4.78, 5) is 13.2. The van der Waals surface area contributed by atoms with Crippen molar-refractivity contribution in [2.75, 3.05) is 25.5 Å². The molecule has 0 saturated carbocycles. The molecule has 0 aromatic carbocycles. The molecule has 1 unspecified atom stereocenters. The van der Waals surface area contributed by atoms with E-state index in [4.69, 9.17) is 0 Å². The summed E-state index contributed by atoms with van der Waals surface area (Å²) in [7, 11) is 2.09. The molecule has 0 radical (unpaired) electrons. The van der Waals surface area contributed by atoms with Crippen LogP contribution in [0.3, 0.4) is 0 Å². The van der Waals surface area contributed by atoms with Crippen LogP contribution in [0, 0.1) is 0 Å². The number of hydrogen-bond acceptors (Lipinski definition) is 4. The van der Waals surface area contributed by atoms with Crippen molar-refractivity contribution >= 4 is 5.69 Å². The highest BCUT2D eigenvalue weighted by Gasteiger charge is 2.18. The highest BCUT2D eigenvalue weighted by molar-refractivity contribution is 5.40. The Kier molecular flexibility index (Phi) is 2.49. The van der Waals surface area contributed by atoms with Crippen LogP contribution in [-0.2, 0) is 0 Å². The van der Waals surface area contributed by atoms with Crippen molar-refractivity contribution in [2.24, 2.45) is 0 Å². The molecule has 2 rings (SSSR count). The van der Waals surface area contributed by atoms with Crippen molar-refractivity contribution in [1.82, 2.24) is 15.1 Å². The molecule has 0 bridgehead atoms. The summed E-state index contributed by atoms with van der Waals surface area (Å²) in [5.41, 5.74) is 0.635. The second kappa shape index (κ2) is 3.79. The lowest BCUT2D eigenvalue weighted by Gasteiger charge is -2.13.